The van der Waals surface area contributed by atoms with Crippen LogP contribution in [0.25, 0.3) is 5.78 Å². The third-order valence-electron chi connectivity index (χ3n) is 5.38. The van der Waals surface area contributed by atoms with E-state index in [4.69, 9.17) is 4.74 Å². The number of fused-ring (bicyclic) bond motifs is 2. The van der Waals surface area contributed by atoms with Crippen LogP contribution in [0.2, 0.25) is 0 Å². The molecule has 2 aromatic heterocycles. The Morgan fingerprint density at radius 2 is 1.97 bits per heavy atom. The molecule has 0 saturated carbocycles. The van der Waals surface area contributed by atoms with Crippen molar-refractivity contribution in [1.82, 2.24) is 19.6 Å². The molecule has 0 saturated heterocycles. The predicted molar refractivity (Wildman–Crippen MR) is 125 cm³/mol. The van der Waals surface area contributed by atoms with E-state index in [2.05, 4.69) is 20.4 Å². The molecule has 0 unspecified atom stereocenters. The Bertz CT molecular complexity index is 1400. The molecule has 166 valence electrons. The number of aromatic nitrogens is 4. The number of rotatable bonds is 5. The number of anilines is 1. The van der Waals surface area contributed by atoms with Crippen molar-refractivity contribution in [2.45, 2.75) is 37.6 Å². The van der Waals surface area contributed by atoms with E-state index >= 15 is 0 Å². The van der Waals surface area contributed by atoms with E-state index in [-0.39, 0.29) is 5.91 Å². The summed E-state index contributed by atoms with van der Waals surface area (Å²) in [5.74, 6) is 1.10. The van der Waals surface area contributed by atoms with Gasteiger partial charge in [0.1, 0.15) is 5.75 Å². The molecule has 0 atom stereocenters. The third-order valence-corrected chi connectivity index (χ3v) is 6.26. The van der Waals surface area contributed by atoms with Crippen molar-refractivity contribution in [2.24, 2.45) is 0 Å². The van der Waals surface area contributed by atoms with Gasteiger partial charge in [0.25, 0.3) is 5.78 Å². The fourth-order valence-corrected chi connectivity index (χ4v) is 4.60. The van der Waals surface area contributed by atoms with Crippen LogP contribution in [0.15, 0.2) is 53.7 Å². The van der Waals surface area contributed by atoms with Crippen LogP contribution in [0.4, 0.5) is 5.69 Å². The van der Waals surface area contributed by atoms with Crippen LogP contribution in [-0.4, -0.2) is 31.5 Å². The van der Waals surface area contributed by atoms with Gasteiger partial charge in [-0.2, -0.15) is 4.98 Å². The van der Waals surface area contributed by atoms with E-state index < -0.39 is 5.97 Å². The molecule has 4 aromatic rings. The summed E-state index contributed by atoms with van der Waals surface area (Å²) < 4.78 is 7.37. The van der Waals surface area contributed by atoms with E-state index in [9.17, 15) is 9.59 Å². The monoisotopic (exact) mass is 459 g/mol. The summed E-state index contributed by atoms with van der Waals surface area (Å²) in [5.41, 5.74) is 4.90. The second-order valence-electron chi connectivity index (χ2n) is 7.85. The number of amides is 1. The normalized spacial score (nSPS) is 13.0. The summed E-state index contributed by atoms with van der Waals surface area (Å²) in [7, 11) is 0. The lowest BCUT2D eigenvalue weighted by molar-refractivity contribution is -0.116. The molecule has 0 fully saturated rings. The Labute approximate surface area is 194 Å². The third kappa shape index (κ3) is 4.45. The smallest absolute Gasteiger partial charge is 0.343 e. The standard InChI is InChI=1S/C24H21N5O3S/c1-14-11-15(2)29-23(25-14)27-24(28-29)33-13-17-5-3-4-6-19(17)22(31)32-18-8-9-20-16(12-18)7-10-21(30)26-20/h3-6,8-9,11-12H,7,10,13H2,1-2H3,(H,26,30). The van der Waals surface area contributed by atoms with Crippen LogP contribution >= 0.6 is 11.8 Å². The zero-order valence-electron chi connectivity index (χ0n) is 18.2. The number of nitrogens with zero attached hydrogens (tertiary/aromatic N) is 4. The fourth-order valence-electron chi connectivity index (χ4n) is 3.78. The molecule has 33 heavy (non-hydrogen) atoms. The van der Waals surface area contributed by atoms with Crippen LogP contribution < -0.4 is 10.1 Å². The molecule has 2 aromatic carbocycles. The fraction of sp³-hybridized carbons (Fsp3) is 0.208. The summed E-state index contributed by atoms with van der Waals surface area (Å²) in [6, 6.07) is 14.6. The molecule has 9 heteroatoms. The van der Waals surface area contributed by atoms with Crippen molar-refractivity contribution in [3.8, 4) is 5.75 Å². The van der Waals surface area contributed by atoms with Gasteiger partial charge in [0, 0.05) is 29.2 Å². The minimum atomic E-state index is -0.429. The molecule has 1 amide bonds. The van der Waals surface area contributed by atoms with Gasteiger partial charge in [-0.25, -0.2) is 14.3 Å². The SMILES string of the molecule is Cc1cc(C)n2nc(SCc3ccccc3C(=O)Oc3ccc4c(c3)CCC(=O)N4)nc2n1. The highest BCUT2D eigenvalue weighted by molar-refractivity contribution is 7.98. The summed E-state index contributed by atoms with van der Waals surface area (Å²) in [5, 5.41) is 7.94. The topological polar surface area (TPSA) is 98.5 Å². The number of thioether (sulfide) groups is 1. The molecule has 0 bridgehead atoms. The van der Waals surface area contributed by atoms with Crippen molar-refractivity contribution in [2.75, 3.05) is 5.32 Å². The lowest BCUT2D eigenvalue weighted by atomic mass is 10.0. The van der Waals surface area contributed by atoms with Gasteiger partial charge in [-0.05, 0) is 61.7 Å². The molecular formula is C24H21N5O3S. The zero-order valence-corrected chi connectivity index (χ0v) is 19.0. The molecule has 0 radical (unpaired) electrons. The average molecular weight is 460 g/mol. The molecule has 0 spiro atoms. The van der Waals surface area contributed by atoms with E-state index in [1.807, 2.05) is 44.2 Å². The number of nitrogens with one attached hydrogen (secondary N) is 1. The highest BCUT2D eigenvalue weighted by Crippen LogP contribution is 2.28. The number of ether oxygens (including phenoxy) is 1. The number of aryl methyl sites for hydroxylation is 3. The molecule has 8 nitrogen and oxygen atoms in total. The van der Waals surface area contributed by atoms with Crippen molar-refractivity contribution in [1.29, 1.82) is 0 Å². The Kier molecular flexibility index (Phi) is 5.55. The molecular weight excluding hydrogens is 438 g/mol. The van der Waals surface area contributed by atoms with Crippen LogP contribution in [0, 0.1) is 13.8 Å². The van der Waals surface area contributed by atoms with Gasteiger partial charge in [-0.3, -0.25) is 4.79 Å². The largest absolute Gasteiger partial charge is 0.423 e. The van der Waals surface area contributed by atoms with Crippen LogP contribution in [0.1, 0.15) is 39.3 Å². The first-order chi connectivity index (χ1) is 16.0. The second kappa shape index (κ2) is 8.67. The summed E-state index contributed by atoms with van der Waals surface area (Å²) in [4.78, 5) is 33.4. The Hall–Kier alpha value is -3.72. The van der Waals surface area contributed by atoms with Crippen LogP contribution in [-0.2, 0) is 17.0 Å². The minimum Gasteiger partial charge on any atom is -0.423 e. The molecule has 1 aliphatic heterocycles. The number of esters is 1. The van der Waals surface area contributed by atoms with Crippen molar-refractivity contribution < 1.29 is 14.3 Å². The van der Waals surface area contributed by atoms with Crippen molar-refractivity contribution in [3.63, 3.8) is 0 Å². The first-order valence-corrected chi connectivity index (χ1v) is 11.5. The summed E-state index contributed by atoms with van der Waals surface area (Å²) in [6.45, 7) is 3.89. The Morgan fingerprint density at radius 1 is 1.12 bits per heavy atom. The summed E-state index contributed by atoms with van der Waals surface area (Å²) in [6.07, 6.45) is 1.05. The van der Waals surface area contributed by atoms with Gasteiger partial charge in [0.2, 0.25) is 11.1 Å². The highest BCUT2D eigenvalue weighted by Gasteiger charge is 2.18. The highest BCUT2D eigenvalue weighted by atomic mass is 32.2. The lowest BCUT2D eigenvalue weighted by Gasteiger charge is -2.17. The van der Waals surface area contributed by atoms with E-state index in [1.54, 1.807) is 22.7 Å². The Balaban J connectivity index is 1.32. The average Bonchev–Trinajstić information content (AvgIpc) is 3.21. The van der Waals surface area contributed by atoms with Gasteiger partial charge in [0.05, 0.1) is 5.56 Å². The van der Waals surface area contributed by atoms with E-state index in [0.717, 1.165) is 28.2 Å². The second-order valence-corrected chi connectivity index (χ2v) is 8.79. The molecule has 0 aliphatic carbocycles. The van der Waals surface area contributed by atoms with E-state index in [0.29, 0.717) is 40.8 Å². The maximum absolute atomic E-state index is 12.9. The number of carbonyl (C=O) groups is 2. The van der Waals surface area contributed by atoms with E-state index in [1.165, 1.54) is 11.8 Å². The first-order valence-electron chi connectivity index (χ1n) is 10.5. The quantitative estimate of drug-likeness (QED) is 0.272. The number of carbonyl (C=O) groups excluding carboxylic acids is 2. The zero-order chi connectivity index (χ0) is 22.9. The first kappa shape index (κ1) is 21.1. The molecule has 1 aliphatic rings. The van der Waals surface area contributed by atoms with Gasteiger partial charge < -0.3 is 10.1 Å². The van der Waals surface area contributed by atoms with Crippen LogP contribution in [0.5, 0.6) is 5.75 Å². The summed E-state index contributed by atoms with van der Waals surface area (Å²) >= 11 is 1.44. The number of hydrogen-bond donors (Lipinski definition) is 1. The number of benzene rings is 2. The molecule has 3 heterocycles. The van der Waals surface area contributed by atoms with Crippen molar-refractivity contribution >= 4 is 35.1 Å². The molecule has 5 rings (SSSR count). The Morgan fingerprint density at radius 3 is 2.85 bits per heavy atom. The minimum absolute atomic E-state index is 0.000142. The lowest BCUT2D eigenvalue weighted by Crippen LogP contribution is -2.19. The van der Waals surface area contributed by atoms with Gasteiger partial charge in [-0.15, -0.1) is 5.10 Å². The number of hydrogen-bond acceptors (Lipinski definition) is 7. The van der Waals surface area contributed by atoms with Gasteiger partial charge in [-0.1, -0.05) is 30.0 Å². The predicted octanol–water partition coefficient (Wildman–Crippen LogP) is 4.14. The van der Waals surface area contributed by atoms with Crippen molar-refractivity contribution in [3.05, 3.63) is 76.6 Å². The van der Waals surface area contributed by atoms with Crippen LogP contribution in [0.3, 0.4) is 0 Å². The maximum Gasteiger partial charge on any atom is 0.343 e. The van der Waals surface area contributed by atoms with Gasteiger partial charge in [0.15, 0.2) is 0 Å². The van der Waals surface area contributed by atoms with Gasteiger partial charge >= 0.3 is 5.97 Å². The maximum atomic E-state index is 12.9. The molecule has 1 N–H and O–H groups in total.